The van der Waals surface area contributed by atoms with Crippen LogP contribution < -0.4 is 5.32 Å². The lowest BCUT2D eigenvalue weighted by atomic mass is 9.96. The molecule has 130 valence electrons. The Labute approximate surface area is 143 Å². The van der Waals surface area contributed by atoms with E-state index in [1.807, 2.05) is 6.92 Å². The number of halogens is 1. The molecule has 5 nitrogen and oxygen atoms in total. The van der Waals surface area contributed by atoms with Crippen molar-refractivity contribution >= 4 is 33.3 Å². The zero-order valence-electron chi connectivity index (χ0n) is 13.8. The number of ether oxygens (including phenoxy) is 1. The molecule has 1 heterocycles. The average Bonchev–Trinajstić information content (AvgIpc) is 2.88. The van der Waals surface area contributed by atoms with Crippen LogP contribution >= 0.6 is 11.3 Å². The minimum absolute atomic E-state index is 0.0707. The van der Waals surface area contributed by atoms with E-state index in [0.29, 0.717) is 28.5 Å². The van der Waals surface area contributed by atoms with Gasteiger partial charge in [-0.15, -0.1) is 11.3 Å². The number of hydrogen-bond donors (Lipinski definition) is 2. The predicted molar refractivity (Wildman–Crippen MR) is 90.9 cm³/mol. The minimum Gasteiger partial charge on any atom is -0.480 e. The number of fused-ring (bicyclic) bond motifs is 1. The molecule has 1 aromatic heterocycles. The van der Waals surface area contributed by atoms with E-state index in [9.17, 15) is 19.1 Å². The molecule has 2 rings (SSSR count). The second-order valence-electron chi connectivity index (χ2n) is 5.80. The van der Waals surface area contributed by atoms with Gasteiger partial charge in [0, 0.05) is 22.8 Å². The summed E-state index contributed by atoms with van der Waals surface area (Å²) in [6.07, 6.45) is 0.905. The summed E-state index contributed by atoms with van der Waals surface area (Å²) >= 11 is 1.13. The Hall–Kier alpha value is -1.99. The second-order valence-corrected chi connectivity index (χ2v) is 6.85. The second kappa shape index (κ2) is 7.27. The number of hydrogen-bond acceptors (Lipinski definition) is 4. The van der Waals surface area contributed by atoms with Crippen LogP contribution in [0, 0.1) is 5.82 Å². The fourth-order valence-electron chi connectivity index (χ4n) is 2.66. The van der Waals surface area contributed by atoms with Crippen molar-refractivity contribution in [2.24, 2.45) is 0 Å². The molecule has 1 unspecified atom stereocenters. The Bertz CT molecular complexity index is 773. The molecule has 0 saturated carbocycles. The fourth-order valence-corrected chi connectivity index (χ4v) is 3.78. The monoisotopic (exact) mass is 353 g/mol. The third kappa shape index (κ3) is 3.42. The highest BCUT2D eigenvalue weighted by molar-refractivity contribution is 7.21. The first-order chi connectivity index (χ1) is 11.3. The van der Waals surface area contributed by atoms with E-state index in [1.165, 1.54) is 20.1 Å². The Morgan fingerprint density at radius 3 is 2.71 bits per heavy atom. The molecule has 0 radical (unpaired) electrons. The number of thiophene rings is 1. The van der Waals surface area contributed by atoms with Crippen molar-refractivity contribution < 1.29 is 23.8 Å². The summed E-state index contributed by atoms with van der Waals surface area (Å²) in [4.78, 5) is 24.5. The summed E-state index contributed by atoms with van der Waals surface area (Å²) < 4.78 is 19.9. The van der Waals surface area contributed by atoms with Gasteiger partial charge in [0.05, 0.1) is 11.5 Å². The average molecular weight is 353 g/mol. The third-order valence-corrected chi connectivity index (χ3v) is 5.07. The van der Waals surface area contributed by atoms with E-state index in [4.69, 9.17) is 4.74 Å². The zero-order valence-corrected chi connectivity index (χ0v) is 14.6. The number of carboxylic acids is 1. The number of carbonyl (C=O) groups is 2. The van der Waals surface area contributed by atoms with Crippen molar-refractivity contribution in [1.82, 2.24) is 5.32 Å². The summed E-state index contributed by atoms with van der Waals surface area (Å²) in [5.41, 5.74) is -0.928. The van der Waals surface area contributed by atoms with Gasteiger partial charge in [0.1, 0.15) is 11.4 Å². The molecule has 2 aromatic rings. The topological polar surface area (TPSA) is 75.6 Å². The molecule has 0 aliphatic heterocycles. The van der Waals surface area contributed by atoms with Gasteiger partial charge in [-0.3, -0.25) is 4.79 Å². The molecule has 0 aliphatic rings. The van der Waals surface area contributed by atoms with Gasteiger partial charge in [-0.05, 0) is 25.5 Å². The normalized spacial score (nSPS) is 13.7. The number of carboxylic acid groups (broad SMARTS) is 1. The van der Waals surface area contributed by atoms with Gasteiger partial charge in [0.15, 0.2) is 0 Å². The number of nitrogens with one attached hydrogen (secondary N) is 1. The maximum atomic E-state index is 14.2. The summed E-state index contributed by atoms with van der Waals surface area (Å²) in [7, 11) is 1.46. The lowest BCUT2D eigenvalue weighted by Crippen LogP contribution is -2.52. The molecular formula is C17H20FNO4S. The van der Waals surface area contributed by atoms with Gasteiger partial charge < -0.3 is 15.2 Å². The van der Waals surface area contributed by atoms with Crippen molar-refractivity contribution in [2.45, 2.75) is 38.8 Å². The Morgan fingerprint density at radius 2 is 2.12 bits per heavy atom. The molecule has 1 atom stereocenters. The van der Waals surface area contributed by atoms with Crippen molar-refractivity contribution in [3.63, 3.8) is 0 Å². The molecule has 24 heavy (non-hydrogen) atoms. The quantitative estimate of drug-likeness (QED) is 0.798. The summed E-state index contributed by atoms with van der Waals surface area (Å²) in [6, 6.07) is 4.63. The third-order valence-electron chi connectivity index (χ3n) is 3.87. The first-order valence-electron chi connectivity index (χ1n) is 7.58. The van der Waals surface area contributed by atoms with Gasteiger partial charge in [0.2, 0.25) is 0 Å². The molecule has 1 amide bonds. The van der Waals surface area contributed by atoms with Crippen LogP contribution in [0.5, 0.6) is 0 Å². The van der Waals surface area contributed by atoms with Crippen molar-refractivity contribution in [3.8, 4) is 0 Å². The molecular weight excluding hydrogens is 333 g/mol. The molecule has 0 aliphatic carbocycles. The van der Waals surface area contributed by atoms with Crippen LogP contribution in [-0.4, -0.2) is 29.6 Å². The SMILES string of the molecule is CCCC(C)(NC(=O)c1sc2cccc(F)c2c1COC)C(=O)O. The maximum absolute atomic E-state index is 14.2. The van der Waals surface area contributed by atoms with Gasteiger partial charge >= 0.3 is 5.97 Å². The number of aliphatic carboxylic acids is 1. The van der Waals surface area contributed by atoms with E-state index >= 15 is 0 Å². The molecule has 2 N–H and O–H groups in total. The number of carbonyl (C=O) groups excluding carboxylic acids is 1. The van der Waals surface area contributed by atoms with Gasteiger partial charge in [-0.1, -0.05) is 19.4 Å². The zero-order chi connectivity index (χ0) is 17.9. The summed E-state index contributed by atoms with van der Waals surface area (Å²) in [5.74, 6) is -2.05. The molecule has 0 spiro atoms. The van der Waals surface area contributed by atoms with E-state index in [-0.39, 0.29) is 11.5 Å². The van der Waals surface area contributed by atoms with E-state index < -0.39 is 23.2 Å². The lowest BCUT2D eigenvalue weighted by molar-refractivity contribution is -0.144. The molecule has 0 fully saturated rings. The van der Waals surface area contributed by atoms with Gasteiger partial charge in [-0.2, -0.15) is 0 Å². The van der Waals surface area contributed by atoms with Crippen LogP contribution in [0.2, 0.25) is 0 Å². The van der Waals surface area contributed by atoms with E-state index in [0.717, 1.165) is 11.3 Å². The van der Waals surface area contributed by atoms with Gasteiger partial charge in [0.25, 0.3) is 5.91 Å². The highest BCUT2D eigenvalue weighted by Crippen LogP contribution is 2.34. The van der Waals surface area contributed by atoms with Crippen LogP contribution in [0.1, 0.15) is 41.9 Å². The maximum Gasteiger partial charge on any atom is 0.329 e. The number of methoxy groups -OCH3 is 1. The highest BCUT2D eigenvalue weighted by atomic mass is 32.1. The van der Waals surface area contributed by atoms with Crippen LogP contribution in [0.4, 0.5) is 4.39 Å². The standard InChI is InChI=1S/C17H20FNO4S/c1-4-8-17(2,16(21)22)19-15(20)14-10(9-23-3)13-11(18)6-5-7-12(13)24-14/h5-7H,4,8-9H2,1-3H3,(H,19,20)(H,21,22). The first kappa shape index (κ1) is 18.4. The van der Waals surface area contributed by atoms with Crippen molar-refractivity contribution in [2.75, 3.05) is 7.11 Å². The Kier molecular flexibility index (Phi) is 5.56. The number of amides is 1. The smallest absolute Gasteiger partial charge is 0.329 e. The molecule has 0 saturated heterocycles. The number of rotatable bonds is 7. The Morgan fingerprint density at radius 1 is 1.42 bits per heavy atom. The first-order valence-corrected chi connectivity index (χ1v) is 8.40. The van der Waals surface area contributed by atoms with Crippen molar-refractivity contribution in [3.05, 3.63) is 34.5 Å². The number of benzene rings is 1. The van der Waals surface area contributed by atoms with Crippen LogP contribution in [-0.2, 0) is 16.1 Å². The van der Waals surface area contributed by atoms with Gasteiger partial charge in [-0.25, -0.2) is 9.18 Å². The van der Waals surface area contributed by atoms with Crippen LogP contribution in [0.3, 0.4) is 0 Å². The van der Waals surface area contributed by atoms with Crippen LogP contribution in [0.15, 0.2) is 18.2 Å². The van der Waals surface area contributed by atoms with Crippen LogP contribution in [0.25, 0.3) is 10.1 Å². The largest absolute Gasteiger partial charge is 0.480 e. The highest BCUT2D eigenvalue weighted by Gasteiger charge is 2.35. The van der Waals surface area contributed by atoms with E-state index in [1.54, 1.807) is 12.1 Å². The summed E-state index contributed by atoms with van der Waals surface area (Å²) in [6.45, 7) is 3.39. The summed E-state index contributed by atoms with van der Waals surface area (Å²) in [5, 5.41) is 12.4. The Balaban J connectivity index is 2.47. The minimum atomic E-state index is -1.37. The molecule has 0 bridgehead atoms. The molecule has 1 aromatic carbocycles. The van der Waals surface area contributed by atoms with E-state index in [2.05, 4.69) is 5.32 Å². The predicted octanol–water partition coefficient (Wildman–Crippen LogP) is 3.56. The molecule has 7 heteroatoms. The van der Waals surface area contributed by atoms with Crippen molar-refractivity contribution in [1.29, 1.82) is 0 Å². The fraction of sp³-hybridized carbons (Fsp3) is 0.412. The lowest BCUT2D eigenvalue weighted by Gasteiger charge is -2.25.